The van der Waals surface area contributed by atoms with E-state index < -0.39 is 30.4 Å². The van der Waals surface area contributed by atoms with Gasteiger partial charge in [-0.2, -0.15) is 0 Å². The molecule has 0 radical (unpaired) electrons. The Hall–Kier alpha value is -3.39. The number of carbonyl (C=O) groups is 4. The van der Waals surface area contributed by atoms with Gasteiger partial charge in [0.2, 0.25) is 5.91 Å². The molecule has 0 spiro atoms. The van der Waals surface area contributed by atoms with Crippen LogP contribution in [0.4, 0.5) is 11.4 Å². The number of carbonyl (C=O) groups excluding carboxylic acids is 4. The fourth-order valence-electron chi connectivity index (χ4n) is 3.12. The summed E-state index contributed by atoms with van der Waals surface area (Å²) in [7, 11) is 0. The number of anilines is 2. The molecule has 2 amide bonds. The number of halogens is 1. The zero-order valence-corrected chi connectivity index (χ0v) is 17.6. The predicted octanol–water partition coefficient (Wildman–Crippen LogP) is 3.05. The van der Waals surface area contributed by atoms with Gasteiger partial charge in [0.05, 0.1) is 18.1 Å². The number of ether oxygens (including phenoxy) is 2. The first-order chi connectivity index (χ1) is 14.9. The molecule has 1 heterocycles. The van der Waals surface area contributed by atoms with Crippen LogP contribution < -0.4 is 10.2 Å². The van der Waals surface area contributed by atoms with Crippen molar-refractivity contribution in [1.29, 1.82) is 0 Å². The molecule has 2 aromatic rings. The summed E-state index contributed by atoms with van der Waals surface area (Å²) >= 11 is 5.86. The van der Waals surface area contributed by atoms with E-state index in [9.17, 15) is 19.2 Å². The van der Waals surface area contributed by atoms with Crippen molar-refractivity contribution in [2.24, 2.45) is 5.92 Å². The van der Waals surface area contributed by atoms with E-state index in [1.807, 2.05) is 0 Å². The highest BCUT2D eigenvalue weighted by molar-refractivity contribution is 6.30. The monoisotopic (exact) mass is 444 g/mol. The molecule has 2 aromatic carbocycles. The van der Waals surface area contributed by atoms with Crippen molar-refractivity contribution in [2.75, 3.05) is 30.0 Å². The first-order valence-electron chi connectivity index (χ1n) is 9.67. The Bertz CT molecular complexity index is 992. The molecule has 1 N–H and O–H groups in total. The van der Waals surface area contributed by atoms with Gasteiger partial charge in [-0.25, -0.2) is 4.79 Å². The van der Waals surface area contributed by atoms with E-state index in [0.717, 1.165) is 0 Å². The van der Waals surface area contributed by atoms with Gasteiger partial charge in [0.25, 0.3) is 5.91 Å². The Morgan fingerprint density at radius 3 is 2.55 bits per heavy atom. The molecule has 3 rings (SSSR count). The van der Waals surface area contributed by atoms with Crippen LogP contribution in [0.5, 0.6) is 0 Å². The van der Waals surface area contributed by atoms with Crippen LogP contribution in [0.15, 0.2) is 48.5 Å². The van der Waals surface area contributed by atoms with Crippen molar-refractivity contribution in [3.63, 3.8) is 0 Å². The number of rotatable bonds is 7. The number of hydrogen-bond acceptors (Lipinski definition) is 6. The van der Waals surface area contributed by atoms with Crippen LogP contribution in [0.3, 0.4) is 0 Å². The van der Waals surface area contributed by atoms with E-state index in [2.05, 4.69) is 5.32 Å². The van der Waals surface area contributed by atoms with E-state index in [4.69, 9.17) is 21.1 Å². The average Bonchev–Trinajstić information content (AvgIpc) is 3.14. The summed E-state index contributed by atoms with van der Waals surface area (Å²) in [6, 6.07) is 13.0. The second kappa shape index (κ2) is 10.1. The molecule has 1 aliphatic heterocycles. The van der Waals surface area contributed by atoms with E-state index in [-0.39, 0.29) is 25.5 Å². The maximum Gasteiger partial charge on any atom is 0.338 e. The number of benzene rings is 2. The van der Waals surface area contributed by atoms with Crippen LogP contribution in [0.1, 0.15) is 23.7 Å². The molecule has 8 nitrogen and oxygen atoms in total. The van der Waals surface area contributed by atoms with Crippen molar-refractivity contribution in [3.05, 3.63) is 59.1 Å². The largest absolute Gasteiger partial charge is 0.462 e. The fraction of sp³-hybridized carbons (Fsp3) is 0.273. The third-order valence-corrected chi connectivity index (χ3v) is 4.84. The average molecular weight is 445 g/mol. The van der Waals surface area contributed by atoms with Crippen LogP contribution >= 0.6 is 11.6 Å². The molecule has 1 atom stereocenters. The second-order valence-electron chi connectivity index (χ2n) is 6.84. The van der Waals surface area contributed by atoms with Crippen molar-refractivity contribution < 1.29 is 28.7 Å². The van der Waals surface area contributed by atoms with E-state index >= 15 is 0 Å². The zero-order valence-electron chi connectivity index (χ0n) is 16.8. The van der Waals surface area contributed by atoms with E-state index in [1.54, 1.807) is 55.5 Å². The van der Waals surface area contributed by atoms with Crippen LogP contribution in [0, 0.1) is 5.92 Å². The predicted molar refractivity (Wildman–Crippen MR) is 114 cm³/mol. The maximum atomic E-state index is 12.4. The number of amides is 2. The molecular formula is C22H21ClN2O6. The topological polar surface area (TPSA) is 102 Å². The number of nitrogens with zero attached hydrogens (tertiary/aromatic N) is 1. The standard InChI is InChI=1S/C22H21ClN2O6/c1-2-30-21(28)14-6-8-18(9-7-14)25-12-15(10-20(25)27)22(29)31-13-19(26)24-17-5-3-4-16(23)11-17/h3-9,11,15H,2,10,12-13H2,1H3,(H,24,26)/t15-/m1/s1. The molecule has 1 saturated heterocycles. The summed E-state index contributed by atoms with van der Waals surface area (Å²) in [5.41, 5.74) is 1.42. The van der Waals surface area contributed by atoms with Gasteiger partial charge in [-0.05, 0) is 49.4 Å². The van der Waals surface area contributed by atoms with Crippen LogP contribution in [-0.4, -0.2) is 43.5 Å². The first-order valence-corrected chi connectivity index (χ1v) is 10.0. The van der Waals surface area contributed by atoms with Gasteiger partial charge >= 0.3 is 11.9 Å². The molecule has 0 saturated carbocycles. The van der Waals surface area contributed by atoms with Crippen LogP contribution in [0.2, 0.25) is 5.02 Å². The second-order valence-corrected chi connectivity index (χ2v) is 7.28. The van der Waals surface area contributed by atoms with Crippen LogP contribution in [0.25, 0.3) is 0 Å². The molecule has 0 unspecified atom stereocenters. The number of nitrogens with one attached hydrogen (secondary N) is 1. The van der Waals surface area contributed by atoms with Gasteiger partial charge in [0.15, 0.2) is 6.61 Å². The lowest BCUT2D eigenvalue weighted by Crippen LogP contribution is -2.28. The Balaban J connectivity index is 1.52. The highest BCUT2D eigenvalue weighted by atomic mass is 35.5. The lowest BCUT2D eigenvalue weighted by Gasteiger charge is -2.17. The highest BCUT2D eigenvalue weighted by Gasteiger charge is 2.36. The lowest BCUT2D eigenvalue weighted by atomic mass is 10.1. The molecule has 1 aliphatic rings. The summed E-state index contributed by atoms with van der Waals surface area (Å²) in [6.07, 6.45) is -0.0195. The SMILES string of the molecule is CCOC(=O)c1ccc(N2C[C@H](C(=O)OCC(=O)Nc3cccc(Cl)c3)CC2=O)cc1. The van der Waals surface area contributed by atoms with E-state index in [1.165, 1.54) is 4.90 Å². The summed E-state index contributed by atoms with van der Waals surface area (Å²) in [5.74, 6) is -2.50. The van der Waals surface area contributed by atoms with Gasteiger partial charge in [-0.3, -0.25) is 14.4 Å². The molecule has 0 aliphatic carbocycles. The molecule has 162 valence electrons. The number of esters is 2. The Labute approximate surface area is 184 Å². The minimum absolute atomic E-state index is 0.0195. The molecule has 0 aromatic heterocycles. The number of hydrogen-bond donors (Lipinski definition) is 1. The van der Waals surface area contributed by atoms with E-state index in [0.29, 0.717) is 22.0 Å². The lowest BCUT2D eigenvalue weighted by molar-refractivity contribution is -0.151. The molecule has 9 heteroatoms. The van der Waals surface area contributed by atoms with Gasteiger partial charge in [-0.1, -0.05) is 17.7 Å². The third-order valence-electron chi connectivity index (χ3n) is 4.60. The summed E-state index contributed by atoms with van der Waals surface area (Å²) in [6.45, 7) is 1.65. The molecular weight excluding hydrogens is 424 g/mol. The van der Waals surface area contributed by atoms with Crippen LogP contribution in [-0.2, 0) is 23.9 Å². The molecule has 0 bridgehead atoms. The summed E-state index contributed by atoms with van der Waals surface area (Å²) in [5, 5.41) is 3.05. The summed E-state index contributed by atoms with van der Waals surface area (Å²) < 4.78 is 10.0. The van der Waals surface area contributed by atoms with Gasteiger partial charge < -0.3 is 19.7 Å². The first kappa shape index (κ1) is 22.3. The maximum absolute atomic E-state index is 12.4. The smallest absolute Gasteiger partial charge is 0.338 e. The Morgan fingerprint density at radius 2 is 1.87 bits per heavy atom. The van der Waals surface area contributed by atoms with Crippen molar-refractivity contribution in [2.45, 2.75) is 13.3 Å². The highest BCUT2D eigenvalue weighted by Crippen LogP contribution is 2.26. The fourth-order valence-corrected chi connectivity index (χ4v) is 3.32. The Kier molecular flexibility index (Phi) is 7.25. The normalized spacial score (nSPS) is 15.5. The van der Waals surface area contributed by atoms with Crippen molar-refractivity contribution in [1.82, 2.24) is 0 Å². The Morgan fingerprint density at radius 1 is 1.13 bits per heavy atom. The van der Waals surface area contributed by atoms with Gasteiger partial charge in [-0.15, -0.1) is 0 Å². The molecule has 31 heavy (non-hydrogen) atoms. The van der Waals surface area contributed by atoms with Gasteiger partial charge in [0.1, 0.15) is 0 Å². The summed E-state index contributed by atoms with van der Waals surface area (Å²) in [4.78, 5) is 49.9. The van der Waals surface area contributed by atoms with Crippen molar-refractivity contribution in [3.8, 4) is 0 Å². The minimum Gasteiger partial charge on any atom is -0.462 e. The van der Waals surface area contributed by atoms with Gasteiger partial charge in [0, 0.05) is 29.4 Å². The zero-order chi connectivity index (χ0) is 22.4. The quantitative estimate of drug-likeness (QED) is 0.658. The minimum atomic E-state index is -0.684. The molecule has 1 fully saturated rings. The third kappa shape index (κ3) is 5.82. The van der Waals surface area contributed by atoms with Crippen molar-refractivity contribution >= 4 is 46.7 Å².